The molecule has 1 amide bonds. The Balaban J connectivity index is 1.98. The Morgan fingerprint density at radius 1 is 1.35 bits per heavy atom. The van der Waals surface area contributed by atoms with Gasteiger partial charge in [0.25, 0.3) is 0 Å². The predicted octanol–water partition coefficient (Wildman–Crippen LogP) is 1.23. The molecule has 1 aliphatic heterocycles. The van der Waals surface area contributed by atoms with Gasteiger partial charge in [0.15, 0.2) is 0 Å². The molecule has 17 heavy (non-hydrogen) atoms. The van der Waals surface area contributed by atoms with Gasteiger partial charge in [0, 0.05) is 31.5 Å². The summed E-state index contributed by atoms with van der Waals surface area (Å²) in [6.45, 7) is 4.94. The Labute approximate surface area is 102 Å². The van der Waals surface area contributed by atoms with Crippen molar-refractivity contribution in [1.29, 1.82) is 0 Å². The van der Waals surface area contributed by atoms with E-state index in [0.29, 0.717) is 6.42 Å². The van der Waals surface area contributed by atoms with E-state index in [1.165, 1.54) is 0 Å². The summed E-state index contributed by atoms with van der Waals surface area (Å²) in [5.74, 6) is 0.171. The van der Waals surface area contributed by atoms with E-state index in [-0.39, 0.29) is 5.91 Å². The van der Waals surface area contributed by atoms with E-state index in [9.17, 15) is 4.79 Å². The second kappa shape index (κ2) is 5.19. The number of likely N-dealkylation sites (N-methyl/N-ethyl adjacent to an activating group) is 2. The average Bonchev–Trinajstić information content (AvgIpc) is 2.61. The van der Waals surface area contributed by atoms with E-state index in [4.69, 9.17) is 0 Å². The molecule has 0 unspecified atom stereocenters. The fraction of sp³-hybridized carbons (Fsp3) is 0.462. The number of nitrogens with zero attached hydrogens (tertiary/aromatic N) is 1. The molecule has 0 aliphatic carbocycles. The average molecular weight is 233 g/mol. The molecule has 0 radical (unpaired) electrons. The summed E-state index contributed by atoms with van der Waals surface area (Å²) in [4.78, 5) is 13.3. The molecule has 4 nitrogen and oxygen atoms in total. The number of rotatable bonds is 5. The number of fused-ring (bicyclic) bond motifs is 1. The largest absolute Gasteiger partial charge is 0.384 e. The van der Waals surface area contributed by atoms with Gasteiger partial charge in [-0.1, -0.05) is 6.92 Å². The van der Waals surface area contributed by atoms with Gasteiger partial charge in [-0.3, -0.25) is 4.79 Å². The second-order valence-electron chi connectivity index (χ2n) is 4.25. The molecule has 2 N–H and O–H groups in total. The summed E-state index contributed by atoms with van der Waals surface area (Å²) in [6.07, 6.45) is 0.522. The van der Waals surface area contributed by atoms with Gasteiger partial charge in [0.1, 0.15) is 0 Å². The van der Waals surface area contributed by atoms with Gasteiger partial charge in [-0.25, -0.2) is 0 Å². The van der Waals surface area contributed by atoms with Crippen LogP contribution in [0.3, 0.4) is 0 Å². The lowest BCUT2D eigenvalue weighted by Crippen LogP contribution is -2.21. The third kappa shape index (κ3) is 2.58. The SMILES string of the molecule is CCNCCNc1ccc2c(c1)CC(=O)N2C. The number of amides is 1. The van der Waals surface area contributed by atoms with Crippen molar-refractivity contribution in [2.45, 2.75) is 13.3 Å². The van der Waals surface area contributed by atoms with Crippen LogP contribution in [-0.4, -0.2) is 32.6 Å². The van der Waals surface area contributed by atoms with Crippen LogP contribution in [0.15, 0.2) is 18.2 Å². The summed E-state index contributed by atoms with van der Waals surface area (Å²) in [6, 6.07) is 6.11. The quantitative estimate of drug-likeness (QED) is 0.752. The van der Waals surface area contributed by atoms with Crippen LogP contribution >= 0.6 is 0 Å². The van der Waals surface area contributed by atoms with Crippen LogP contribution < -0.4 is 15.5 Å². The number of benzene rings is 1. The van der Waals surface area contributed by atoms with Crippen molar-refractivity contribution in [2.75, 3.05) is 36.9 Å². The third-order valence-corrected chi connectivity index (χ3v) is 3.04. The first-order valence-electron chi connectivity index (χ1n) is 6.06. The number of hydrogen-bond donors (Lipinski definition) is 2. The van der Waals surface area contributed by atoms with Crippen molar-refractivity contribution in [3.8, 4) is 0 Å². The molecule has 0 bridgehead atoms. The highest BCUT2D eigenvalue weighted by Crippen LogP contribution is 2.29. The zero-order valence-electron chi connectivity index (χ0n) is 10.4. The maximum Gasteiger partial charge on any atom is 0.231 e. The van der Waals surface area contributed by atoms with E-state index < -0.39 is 0 Å². The van der Waals surface area contributed by atoms with E-state index in [2.05, 4.69) is 23.6 Å². The zero-order valence-corrected chi connectivity index (χ0v) is 10.4. The lowest BCUT2D eigenvalue weighted by Gasteiger charge is -2.11. The van der Waals surface area contributed by atoms with Crippen LogP contribution in [-0.2, 0) is 11.2 Å². The van der Waals surface area contributed by atoms with Gasteiger partial charge in [-0.2, -0.15) is 0 Å². The summed E-state index contributed by atoms with van der Waals surface area (Å²) < 4.78 is 0. The number of hydrogen-bond acceptors (Lipinski definition) is 3. The smallest absolute Gasteiger partial charge is 0.231 e. The summed E-state index contributed by atoms with van der Waals surface area (Å²) in [5, 5.41) is 6.61. The van der Waals surface area contributed by atoms with Gasteiger partial charge < -0.3 is 15.5 Å². The highest BCUT2D eigenvalue weighted by molar-refractivity contribution is 6.01. The van der Waals surface area contributed by atoms with Crippen molar-refractivity contribution < 1.29 is 4.79 Å². The van der Waals surface area contributed by atoms with Gasteiger partial charge >= 0.3 is 0 Å². The number of anilines is 2. The molecule has 0 saturated heterocycles. The lowest BCUT2D eigenvalue weighted by atomic mass is 10.1. The predicted molar refractivity (Wildman–Crippen MR) is 70.6 cm³/mol. The summed E-state index contributed by atoms with van der Waals surface area (Å²) >= 11 is 0. The van der Waals surface area contributed by atoms with Gasteiger partial charge in [-0.15, -0.1) is 0 Å². The third-order valence-electron chi connectivity index (χ3n) is 3.04. The van der Waals surface area contributed by atoms with Crippen molar-refractivity contribution in [3.05, 3.63) is 23.8 Å². The molecular formula is C13H19N3O. The first-order valence-corrected chi connectivity index (χ1v) is 6.06. The fourth-order valence-corrected chi connectivity index (χ4v) is 2.05. The first kappa shape index (κ1) is 11.9. The van der Waals surface area contributed by atoms with Crippen LogP contribution in [0.5, 0.6) is 0 Å². The highest BCUT2D eigenvalue weighted by atomic mass is 16.2. The summed E-state index contributed by atoms with van der Waals surface area (Å²) in [5.41, 5.74) is 3.24. The minimum atomic E-state index is 0.171. The van der Waals surface area contributed by atoms with Crippen molar-refractivity contribution in [1.82, 2.24) is 5.32 Å². The van der Waals surface area contributed by atoms with E-state index in [1.54, 1.807) is 4.90 Å². The number of nitrogens with one attached hydrogen (secondary N) is 2. The molecule has 1 aromatic rings. The zero-order chi connectivity index (χ0) is 12.3. The Morgan fingerprint density at radius 3 is 2.94 bits per heavy atom. The highest BCUT2D eigenvalue weighted by Gasteiger charge is 2.23. The molecule has 92 valence electrons. The Hall–Kier alpha value is -1.55. The van der Waals surface area contributed by atoms with Crippen molar-refractivity contribution >= 4 is 17.3 Å². The molecule has 1 aliphatic rings. The Bertz CT molecular complexity index is 417. The minimum absolute atomic E-state index is 0.171. The number of carbonyl (C=O) groups is 1. The monoisotopic (exact) mass is 233 g/mol. The topological polar surface area (TPSA) is 44.4 Å². The van der Waals surface area contributed by atoms with E-state index >= 15 is 0 Å². The van der Waals surface area contributed by atoms with Crippen molar-refractivity contribution in [2.24, 2.45) is 0 Å². The minimum Gasteiger partial charge on any atom is -0.384 e. The molecule has 1 heterocycles. The van der Waals surface area contributed by atoms with Crippen molar-refractivity contribution in [3.63, 3.8) is 0 Å². The van der Waals surface area contributed by atoms with Gasteiger partial charge in [0.05, 0.1) is 6.42 Å². The molecule has 0 fully saturated rings. The van der Waals surface area contributed by atoms with Crippen LogP contribution in [0.25, 0.3) is 0 Å². The normalized spacial score (nSPS) is 14.0. The molecule has 4 heteroatoms. The number of carbonyl (C=O) groups excluding carboxylic acids is 1. The first-order chi connectivity index (χ1) is 8.22. The molecule has 0 saturated carbocycles. The molecule has 2 rings (SSSR count). The Kier molecular flexibility index (Phi) is 3.64. The Morgan fingerprint density at radius 2 is 2.18 bits per heavy atom. The molecular weight excluding hydrogens is 214 g/mol. The van der Waals surface area contributed by atoms with Crippen LogP contribution in [0.4, 0.5) is 11.4 Å². The molecule has 1 aromatic carbocycles. The molecule has 0 spiro atoms. The maximum absolute atomic E-state index is 11.5. The molecule has 0 aromatic heterocycles. The van der Waals surface area contributed by atoms with Crippen LogP contribution in [0.1, 0.15) is 12.5 Å². The van der Waals surface area contributed by atoms with Crippen LogP contribution in [0.2, 0.25) is 0 Å². The van der Waals surface area contributed by atoms with Gasteiger partial charge in [0.2, 0.25) is 5.91 Å². The molecule has 0 atom stereocenters. The maximum atomic E-state index is 11.5. The van der Waals surface area contributed by atoms with E-state index in [0.717, 1.165) is 36.6 Å². The van der Waals surface area contributed by atoms with Gasteiger partial charge in [-0.05, 0) is 30.3 Å². The van der Waals surface area contributed by atoms with Crippen LogP contribution in [0, 0.1) is 0 Å². The standard InChI is InChI=1S/C13H19N3O/c1-3-14-6-7-15-11-4-5-12-10(8-11)9-13(17)16(12)2/h4-5,8,14-15H,3,6-7,9H2,1-2H3. The van der Waals surface area contributed by atoms with E-state index in [1.807, 2.05) is 19.2 Å². The second-order valence-corrected chi connectivity index (χ2v) is 4.25. The lowest BCUT2D eigenvalue weighted by molar-refractivity contribution is -0.117. The summed E-state index contributed by atoms with van der Waals surface area (Å²) in [7, 11) is 1.83. The fourth-order valence-electron chi connectivity index (χ4n) is 2.05.